The Labute approximate surface area is 120 Å². The minimum Gasteiger partial charge on any atom is -0.218 e. The summed E-state index contributed by atoms with van der Waals surface area (Å²) in [4.78, 5) is 0.493. The minimum absolute atomic E-state index is 0.0567. The second kappa shape index (κ2) is 5.57. The highest BCUT2D eigenvalue weighted by Crippen LogP contribution is 2.23. The van der Waals surface area contributed by atoms with Crippen LogP contribution in [0.2, 0.25) is 5.02 Å². The summed E-state index contributed by atoms with van der Waals surface area (Å²) in [5.74, 6) is 0. The van der Waals surface area contributed by atoms with Crippen LogP contribution in [0.25, 0.3) is 6.08 Å². The molecule has 0 saturated carbocycles. The van der Waals surface area contributed by atoms with Gasteiger partial charge in [0.05, 0.1) is 4.90 Å². The molecule has 0 spiro atoms. The number of nitriles is 1. The van der Waals surface area contributed by atoms with E-state index in [2.05, 4.69) is 0 Å². The lowest BCUT2D eigenvalue weighted by Gasteiger charge is -2.02. The molecule has 96 valence electrons. The number of benzene rings is 1. The van der Waals surface area contributed by atoms with Crippen LogP contribution < -0.4 is 0 Å². The number of hydrogen-bond acceptors (Lipinski definition) is 4. The number of thiophene rings is 1. The molecule has 1 aromatic heterocycles. The number of halogens is 1. The Balaban J connectivity index is 2.49. The molecule has 0 saturated heterocycles. The molecule has 3 nitrogen and oxygen atoms in total. The molecule has 0 aliphatic heterocycles. The number of allylic oxidation sites excluding steroid dienone is 1. The average molecular weight is 310 g/mol. The van der Waals surface area contributed by atoms with E-state index in [1.807, 2.05) is 5.38 Å². The van der Waals surface area contributed by atoms with Gasteiger partial charge in [0.1, 0.15) is 6.07 Å². The van der Waals surface area contributed by atoms with Crippen molar-refractivity contribution in [1.82, 2.24) is 0 Å². The van der Waals surface area contributed by atoms with Crippen LogP contribution in [0.3, 0.4) is 0 Å². The summed E-state index contributed by atoms with van der Waals surface area (Å²) in [6.45, 7) is 0. The first kappa shape index (κ1) is 13.8. The van der Waals surface area contributed by atoms with Gasteiger partial charge in [-0.15, -0.1) is 11.3 Å². The Hall–Kier alpha value is -1.61. The average Bonchev–Trinajstić information content (AvgIpc) is 2.89. The number of nitrogens with zero attached hydrogens (tertiary/aromatic N) is 1. The standard InChI is InChI=1S/C13H8ClNO2S2/c14-10-3-5-12(6-4-10)19(16,17)13(9-15)8-11-2-1-7-18-11/h1-8H. The summed E-state index contributed by atoms with van der Waals surface area (Å²) in [6.07, 6.45) is 1.37. The molecule has 2 rings (SSSR count). The molecule has 0 fully saturated rings. The SMILES string of the molecule is N#CC(=Cc1cccs1)S(=O)(=O)c1ccc(Cl)cc1. The topological polar surface area (TPSA) is 57.9 Å². The van der Waals surface area contributed by atoms with E-state index in [4.69, 9.17) is 16.9 Å². The summed E-state index contributed by atoms with van der Waals surface area (Å²) < 4.78 is 24.5. The first-order valence-electron chi connectivity index (χ1n) is 5.20. The van der Waals surface area contributed by atoms with Crippen molar-refractivity contribution in [3.63, 3.8) is 0 Å². The summed E-state index contributed by atoms with van der Waals surface area (Å²) in [5.41, 5.74) is 0. The third kappa shape index (κ3) is 3.04. The van der Waals surface area contributed by atoms with Crippen molar-refractivity contribution in [3.8, 4) is 6.07 Å². The second-order valence-corrected chi connectivity index (χ2v) is 6.93. The van der Waals surface area contributed by atoms with Gasteiger partial charge in [-0.05, 0) is 41.8 Å². The molecule has 1 aromatic carbocycles. The molecular formula is C13H8ClNO2S2. The van der Waals surface area contributed by atoms with Gasteiger partial charge in [-0.25, -0.2) is 8.42 Å². The first-order chi connectivity index (χ1) is 9.04. The van der Waals surface area contributed by atoms with Crippen molar-refractivity contribution in [3.05, 3.63) is 56.6 Å². The minimum atomic E-state index is -3.80. The molecule has 0 atom stereocenters. The van der Waals surface area contributed by atoms with E-state index < -0.39 is 9.84 Å². The largest absolute Gasteiger partial charge is 0.218 e. The molecule has 0 aliphatic carbocycles. The van der Waals surface area contributed by atoms with Gasteiger partial charge < -0.3 is 0 Å². The number of sulfone groups is 1. The van der Waals surface area contributed by atoms with Crippen LogP contribution in [0.4, 0.5) is 0 Å². The quantitative estimate of drug-likeness (QED) is 0.811. The third-order valence-corrected chi connectivity index (χ3v) is 5.09. The van der Waals surface area contributed by atoms with Crippen LogP contribution in [0.5, 0.6) is 0 Å². The van der Waals surface area contributed by atoms with Gasteiger partial charge in [0.15, 0.2) is 4.91 Å². The van der Waals surface area contributed by atoms with E-state index in [-0.39, 0.29) is 9.80 Å². The summed E-state index contributed by atoms with van der Waals surface area (Å²) in [7, 11) is -3.80. The molecule has 0 radical (unpaired) electrons. The van der Waals surface area contributed by atoms with Gasteiger partial charge in [0, 0.05) is 9.90 Å². The van der Waals surface area contributed by atoms with E-state index in [1.165, 1.54) is 41.7 Å². The lowest BCUT2D eigenvalue weighted by Crippen LogP contribution is -2.03. The van der Waals surface area contributed by atoms with Gasteiger partial charge in [-0.2, -0.15) is 5.26 Å². The van der Waals surface area contributed by atoms with Crippen molar-refractivity contribution in [2.45, 2.75) is 4.90 Å². The fraction of sp³-hybridized carbons (Fsp3) is 0. The maximum atomic E-state index is 12.3. The smallest absolute Gasteiger partial charge is 0.216 e. The zero-order chi connectivity index (χ0) is 13.9. The lowest BCUT2D eigenvalue weighted by atomic mass is 10.4. The normalized spacial score (nSPS) is 12.1. The predicted octanol–water partition coefficient (Wildman–Crippen LogP) is 3.74. The number of hydrogen-bond donors (Lipinski definition) is 0. The van der Waals surface area contributed by atoms with E-state index in [0.717, 1.165) is 0 Å². The van der Waals surface area contributed by atoms with Crippen LogP contribution >= 0.6 is 22.9 Å². The highest BCUT2D eigenvalue weighted by molar-refractivity contribution is 7.95. The Morgan fingerprint density at radius 3 is 2.47 bits per heavy atom. The van der Waals surface area contributed by atoms with Gasteiger partial charge in [0.25, 0.3) is 0 Å². The fourth-order valence-electron chi connectivity index (χ4n) is 1.41. The van der Waals surface area contributed by atoms with Gasteiger partial charge in [-0.3, -0.25) is 0 Å². The molecule has 0 unspecified atom stereocenters. The maximum absolute atomic E-state index is 12.3. The Bertz CT molecular complexity index is 739. The van der Waals surface area contributed by atoms with E-state index in [9.17, 15) is 8.42 Å². The molecule has 0 bridgehead atoms. The Morgan fingerprint density at radius 2 is 1.95 bits per heavy atom. The Kier molecular flexibility index (Phi) is 4.05. The van der Waals surface area contributed by atoms with Crippen LogP contribution in [-0.4, -0.2) is 8.42 Å². The predicted molar refractivity (Wildman–Crippen MR) is 76.5 cm³/mol. The van der Waals surface area contributed by atoms with Gasteiger partial charge in [0.2, 0.25) is 9.84 Å². The van der Waals surface area contributed by atoms with Crippen LogP contribution in [0.1, 0.15) is 4.88 Å². The molecule has 19 heavy (non-hydrogen) atoms. The van der Waals surface area contributed by atoms with Crippen LogP contribution in [0, 0.1) is 11.3 Å². The zero-order valence-corrected chi connectivity index (χ0v) is 12.0. The van der Waals surface area contributed by atoms with Gasteiger partial charge in [-0.1, -0.05) is 17.7 Å². The van der Waals surface area contributed by atoms with Crippen molar-refractivity contribution < 1.29 is 8.42 Å². The van der Waals surface area contributed by atoms with Crippen LogP contribution in [0.15, 0.2) is 51.6 Å². The maximum Gasteiger partial charge on any atom is 0.216 e. The van der Waals surface area contributed by atoms with E-state index in [1.54, 1.807) is 18.2 Å². The van der Waals surface area contributed by atoms with Gasteiger partial charge >= 0.3 is 0 Å². The van der Waals surface area contributed by atoms with Crippen molar-refractivity contribution in [2.24, 2.45) is 0 Å². The molecule has 6 heteroatoms. The lowest BCUT2D eigenvalue weighted by molar-refractivity contribution is 0.603. The molecule has 1 heterocycles. The summed E-state index contributed by atoms with van der Waals surface area (Å²) in [5, 5.41) is 11.3. The highest BCUT2D eigenvalue weighted by atomic mass is 35.5. The summed E-state index contributed by atoms with van der Waals surface area (Å²) in [6, 6.07) is 11.0. The third-order valence-electron chi connectivity index (χ3n) is 2.34. The highest BCUT2D eigenvalue weighted by Gasteiger charge is 2.20. The molecule has 0 amide bonds. The first-order valence-corrected chi connectivity index (χ1v) is 7.94. The van der Waals surface area contributed by atoms with Crippen molar-refractivity contribution in [2.75, 3.05) is 0 Å². The zero-order valence-electron chi connectivity index (χ0n) is 9.58. The molecule has 0 aliphatic rings. The number of rotatable bonds is 3. The van der Waals surface area contributed by atoms with Crippen LogP contribution in [-0.2, 0) is 9.84 Å². The molecule has 0 N–H and O–H groups in total. The van der Waals surface area contributed by atoms with E-state index in [0.29, 0.717) is 9.90 Å². The second-order valence-electron chi connectivity index (χ2n) is 3.59. The van der Waals surface area contributed by atoms with Crippen molar-refractivity contribution >= 4 is 38.9 Å². The molecular weight excluding hydrogens is 302 g/mol. The summed E-state index contributed by atoms with van der Waals surface area (Å²) >= 11 is 7.08. The molecule has 2 aromatic rings. The van der Waals surface area contributed by atoms with E-state index >= 15 is 0 Å². The fourth-order valence-corrected chi connectivity index (χ4v) is 3.42. The monoisotopic (exact) mass is 309 g/mol. The Morgan fingerprint density at radius 1 is 1.26 bits per heavy atom. The van der Waals surface area contributed by atoms with Crippen molar-refractivity contribution in [1.29, 1.82) is 5.26 Å².